The first-order valence-electron chi connectivity index (χ1n) is 10.3. The van der Waals surface area contributed by atoms with Crippen LogP contribution in [0.3, 0.4) is 0 Å². The van der Waals surface area contributed by atoms with Crippen LogP contribution in [0.1, 0.15) is 52.0 Å². The standard InChI is InChI=1S/C21H30N4O3/c1-13(2)28-21(27)23-11-14(3)25(15(4)26)19-8-5-16(9-20(19)23)17-10-22-24(12-17)18-6-7-18/h5,8-9,13-14,17-18,22H,6-7,10-12H2,1-4H3/t14-,17?/m0/s1. The Bertz CT molecular complexity index is 777. The van der Waals surface area contributed by atoms with Gasteiger partial charge in [-0.15, -0.1) is 0 Å². The SMILES string of the molecule is CC(=O)N1c2ccc(C3CNN(C4CC4)C3)cc2N(C(=O)OC(C)C)C[C@@H]1C. The lowest BCUT2D eigenvalue weighted by molar-refractivity contribution is -0.117. The number of anilines is 2. The van der Waals surface area contributed by atoms with Crippen LogP contribution < -0.4 is 15.2 Å². The summed E-state index contributed by atoms with van der Waals surface area (Å²) in [5.41, 5.74) is 6.24. The molecule has 3 aliphatic rings. The number of rotatable bonds is 3. The minimum Gasteiger partial charge on any atom is -0.446 e. The van der Waals surface area contributed by atoms with Crippen LogP contribution in [0.4, 0.5) is 16.2 Å². The second kappa shape index (κ2) is 7.37. The maximum atomic E-state index is 12.8. The van der Waals surface area contributed by atoms with Crippen molar-refractivity contribution < 1.29 is 14.3 Å². The Morgan fingerprint density at radius 1 is 1.18 bits per heavy atom. The number of nitrogens with zero attached hydrogens (tertiary/aromatic N) is 3. The lowest BCUT2D eigenvalue weighted by Crippen LogP contribution is -2.51. The topological polar surface area (TPSA) is 65.1 Å². The molecule has 1 aromatic carbocycles. The summed E-state index contributed by atoms with van der Waals surface area (Å²) in [7, 11) is 0. The van der Waals surface area contributed by atoms with E-state index in [9.17, 15) is 9.59 Å². The molecule has 2 heterocycles. The molecule has 4 rings (SSSR count). The lowest BCUT2D eigenvalue weighted by atomic mass is 9.97. The zero-order valence-corrected chi connectivity index (χ0v) is 17.1. The minimum absolute atomic E-state index is 0.0131. The van der Waals surface area contributed by atoms with Gasteiger partial charge in [0.05, 0.1) is 23.5 Å². The Balaban J connectivity index is 1.66. The summed E-state index contributed by atoms with van der Waals surface area (Å²) in [6, 6.07) is 6.73. The van der Waals surface area contributed by atoms with Gasteiger partial charge in [0, 0.05) is 38.5 Å². The number of benzene rings is 1. The molecule has 1 saturated heterocycles. The zero-order valence-electron chi connectivity index (χ0n) is 17.1. The summed E-state index contributed by atoms with van der Waals surface area (Å²) in [5.74, 6) is 0.361. The molecular weight excluding hydrogens is 356 g/mol. The van der Waals surface area contributed by atoms with Crippen molar-refractivity contribution in [2.75, 3.05) is 29.4 Å². The van der Waals surface area contributed by atoms with Gasteiger partial charge in [-0.2, -0.15) is 0 Å². The molecule has 2 fully saturated rings. The van der Waals surface area contributed by atoms with E-state index in [2.05, 4.69) is 22.6 Å². The van der Waals surface area contributed by atoms with Crippen molar-refractivity contribution in [3.05, 3.63) is 23.8 Å². The first-order chi connectivity index (χ1) is 13.3. The fraction of sp³-hybridized carbons (Fsp3) is 0.619. The van der Waals surface area contributed by atoms with Crippen LogP contribution in [0.5, 0.6) is 0 Å². The molecule has 1 unspecified atom stereocenters. The highest BCUT2D eigenvalue weighted by molar-refractivity contribution is 6.02. The first kappa shape index (κ1) is 19.2. The Morgan fingerprint density at radius 3 is 2.57 bits per heavy atom. The highest BCUT2D eigenvalue weighted by Crippen LogP contribution is 2.39. The predicted molar refractivity (Wildman–Crippen MR) is 108 cm³/mol. The fourth-order valence-corrected chi connectivity index (χ4v) is 4.30. The molecule has 2 atom stereocenters. The predicted octanol–water partition coefficient (Wildman–Crippen LogP) is 2.86. The smallest absolute Gasteiger partial charge is 0.414 e. The average molecular weight is 386 g/mol. The number of nitrogens with one attached hydrogen (secondary N) is 1. The Kier molecular flexibility index (Phi) is 5.05. The van der Waals surface area contributed by atoms with Crippen LogP contribution in [0.2, 0.25) is 0 Å². The number of ether oxygens (including phenoxy) is 1. The summed E-state index contributed by atoms with van der Waals surface area (Å²) in [5, 5.41) is 2.35. The van der Waals surface area contributed by atoms with Gasteiger partial charge < -0.3 is 9.64 Å². The normalized spacial score (nSPS) is 25.2. The molecule has 1 aliphatic carbocycles. The molecule has 2 aliphatic heterocycles. The van der Waals surface area contributed by atoms with Crippen LogP contribution in [-0.4, -0.2) is 54.8 Å². The molecule has 1 aromatic rings. The van der Waals surface area contributed by atoms with Crippen molar-refractivity contribution in [2.45, 2.75) is 64.6 Å². The van der Waals surface area contributed by atoms with E-state index in [0.29, 0.717) is 18.5 Å². The maximum absolute atomic E-state index is 12.8. The monoisotopic (exact) mass is 386 g/mol. The number of hydrogen-bond donors (Lipinski definition) is 1. The van der Waals surface area contributed by atoms with Crippen molar-refractivity contribution >= 4 is 23.4 Å². The quantitative estimate of drug-likeness (QED) is 0.865. The van der Waals surface area contributed by atoms with Gasteiger partial charge in [0.2, 0.25) is 5.91 Å². The Hall–Kier alpha value is -2.12. The third-order valence-electron chi connectivity index (χ3n) is 5.75. The number of fused-ring (bicyclic) bond motifs is 1. The van der Waals surface area contributed by atoms with E-state index in [4.69, 9.17) is 4.74 Å². The average Bonchev–Trinajstić information content (AvgIpc) is 3.36. The van der Waals surface area contributed by atoms with Crippen molar-refractivity contribution in [2.24, 2.45) is 0 Å². The van der Waals surface area contributed by atoms with E-state index in [1.165, 1.54) is 18.4 Å². The minimum atomic E-state index is -0.354. The number of carbonyl (C=O) groups is 2. The first-order valence-corrected chi connectivity index (χ1v) is 10.3. The summed E-state index contributed by atoms with van der Waals surface area (Å²) >= 11 is 0. The second-order valence-corrected chi connectivity index (χ2v) is 8.47. The molecule has 0 radical (unpaired) electrons. The lowest BCUT2D eigenvalue weighted by Gasteiger charge is -2.40. The summed E-state index contributed by atoms with van der Waals surface area (Å²) in [4.78, 5) is 28.5. The summed E-state index contributed by atoms with van der Waals surface area (Å²) in [6.07, 6.45) is 1.99. The molecule has 152 valence electrons. The van der Waals surface area contributed by atoms with Gasteiger partial charge >= 0.3 is 6.09 Å². The summed E-state index contributed by atoms with van der Waals surface area (Å²) in [6.45, 7) is 9.54. The highest BCUT2D eigenvalue weighted by atomic mass is 16.6. The largest absolute Gasteiger partial charge is 0.446 e. The van der Waals surface area contributed by atoms with Gasteiger partial charge in [-0.3, -0.25) is 15.1 Å². The number of amides is 2. The van der Waals surface area contributed by atoms with E-state index < -0.39 is 0 Å². The van der Waals surface area contributed by atoms with Crippen molar-refractivity contribution in [3.63, 3.8) is 0 Å². The van der Waals surface area contributed by atoms with Gasteiger partial charge in [0.1, 0.15) is 0 Å². The fourth-order valence-electron chi connectivity index (χ4n) is 4.30. The molecule has 7 nitrogen and oxygen atoms in total. The van der Waals surface area contributed by atoms with Crippen LogP contribution in [0.15, 0.2) is 18.2 Å². The van der Waals surface area contributed by atoms with Crippen molar-refractivity contribution in [1.29, 1.82) is 0 Å². The Labute approximate surface area is 166 Å². The van der Waals surface area contributed by atoms with E-state index in [-0.39, 0.29) is 24.1 Å². The number of hydrazine groups is 1. The molecule has 0 spiro atoms. The maximum Gasteiger partial charge on any atom is 0.414 e. The number of hydrogen-bond acceptors (Lipinski definition) is 5. The third kappa shape index (κ3) is 3.61. The van der Waals surface area contributed by atoms with Crippen LogP contribution in [-0.2, 0) is 9.53 Å². The van der Waals surface area contributed by atoms with Gasteiger partial charge in [0.15, 0.2) is 0 Å². The highest BCUT2D eigenvalue weighted by Gasteiger charge is 2.37. The van der Waals surface area contributed by atoms with Crippen LogP contribution in [0, 0.1) is 0 Å². The molecule has 0 bridgehead atoms. The van der Waals surface area contributed by atoms with E-state index in [0.717, 1.165) is 24.5 Å². The van der Waals surface area contributed by atoms with Gasteiger partial charge in [0.25, 0.3) is 0 Å². The van der Waals surface area contributed by atoms with Crippen molar-refractivity contribution in [3.8, 4) is 0 Å². The Morgan fingerprint density at radius 2 is 1.93 bits per heavy atom. The molecule has 0 aromatic heterocycles. The molecule has 28 heavy (non-hydrogen) atoms. The van der Waals surface area contributed by atoms with Gasteiger partial charge in [-0.05, 0) is 51.3 Å². The second-order valence-electron chi connectivity index (χ2n) is 8.47. The molecule has 7 heteroatoms. The van der Waals surface area contributed by atoms with Gasteiger partial charge in [-0.1, -0.05) is 6.07 Å². The summed E-state index contributed by atoms with van der Waals surface area (Å²) < 4.78 is 5.48. The molecule has 2 amide bonds. The molecule has 1 N–H and O–H groups in total. The number of carbonyl (C=O) groups excluding carboxylic acids is 2. The van der Waals surface area contributed by atoms with E-state index in [1.54, 1.807) is 16.7 Å². The zero-order chi connectivity index (χ0) is 20.0. The van der Waals surface area contributed by atoms with Crippen molar-refractivity contribution in [1.82, 2.24) is 10.4 Å². The third-order valence-corrected chi connectivity index (χ3v) is 5.75. The van der Waals surface area contributed by atoms with Crippen LogP contribution in [0.25, 0.3) is 0 Å². The van der Waals surface area contributed by atoms with Gasteiger partial charge in [-0.25, -0.2) is 9.80 Å². The van der Waals surface area contributed by atoms with Crippen LogP contribution >= 0.6 is 0 Å². The molecular formula is C21H30N4O3. The van der Waals surface area contributed by atoms with E-state index >= 15 is 0 Å². The molecule has 1 saturated carbocycles. The van der Waals surface area contributed by atoms with E-state index in [1.807, 2.05) is 26.8 Å².